The van der Waals surface area contributed by atoms with Crippen molar-refractivity contribution in [1.82, 2.24) is 5.32 Å². The zero-order chi connectivity index (χ0) is 13.5. The molecule has 0 spiro atoms. The normalized spacial score (nSPS) is 20.9. The molecule has 0 unspecified atom stereocenters. The van der Waals surface area contributed by atoms with E-state index in [0.717, 1.165) is 12.1 Å². The van der Waals surface area contributed by atoms with E-state index < -0.39 is 47.5 Å². The Balaban J connectivity index is 0.00000180. The minimum Gasteiger partial charge on any atom is -0.504 e. The van der Waals surface area contributed by atoms with Crippen LogP contribution in [0.5, 0.6) is 17.2 Å². The van der Waals surface area contributed by atoms with E-state index in [9.17, 15) is 23.8 Å². The number of carbonyl (C=O) groups excluding carboxylic acids is 1. The molecule has 0 aromatic heterocycles. The summed E-state index contributed by atoms with van der Waals surface area (Å²) in [4.78, 5) is 10.9. The monoisotopic (exact) mass is 297 g/mol. The fraction of sp³-hybridized carbons (Fsp3) is 0.300. The standard InChI is InChI=1S/C10H9F2NO5.ClH/c11-10(12)3-18-9(17)13-8(10)4-1-2-5(14)7(16)6(4)15;/h1-2,8,14-16H,3H2,(H,13,17);1H/t8-;/m0./s1. The number of hydrogen-bond acceptors (Lipinski definition) is 5. The minimum atomic E-state index is -3.45. The summed E-state index contributed by atoms with van der Waals surface area (Å²) in [5, 5.41) is 29.7. The number of phenolic OH excluding ortho intramolecular Hbond substituents is 3. The number of cyclic esters (lactones) is 1. The Morgan fingerprint density at radius 2 is 1.89 bits per heavy atom. The smallest absolute Gasteiger partial charge is 0.408 e. The number of rotatable bonds is 1. The van der Waals surface area contributed by atoms with E-state index in [2.05, 4.69) is 4.74 Å². The van der Waals surface area contributed by atoms with Crippen LogP contribution in [0.1, 0.15) is 11.6 Å². The van der Waals surface area contributed by atoms with E-state index >= 15 is 0 Å². The van der Waals surface area contributed by atoms with Crippen molar-refractivity contribution < 1.29 is 33.6 Å². The number of amides is 1. The average Bonchev–Trinajstić information content (AvgIpc) is 2.30. The van der Waals surface area contributed by atoms with Crippen molar-refractivity contribution in [2.24, 2.45) is 0 Å². The van der Waals surface area contributed by atoms with Crippen molar-refractivity contribution in [3.8, 4) is 17.2 Å². The van der Waals surface area contributed by atoms with Gasteiger partial charge < -0.3 is 25.4 Å². The molecule has 9 heteroatoms. The fourth-order valence-electron chi connectivity index (χ4n) is 1.63. The second kappa shape index (κ2) is 4.96. The van der Waals surface area contributed by atoms with E-state index in [-0.39, 0.29) is 12.4 Å². The van der Waals surface area contributed by atoms with Gasteiger partial charge in [-0.25, -0.2) is 13.6 Å². The van der Waals surface area contributed by atoms with Gasteiger partial charge in [0, 0.05) is 5.56 Å². The Morgan fingerprint density at radius 1 is 1.26 bits per heavy atom. The van der Waals surface area contributed by atoms with Gasteiger partial charge in [-0.15, -0.1) is 12.4 Å². The molecule has 1 heterocycles. The maximum atomic E-state index is 13.5. The number of nitrogens with one attached hydrogen (secondary N) is 1. The molecule has 1 atom stereocenters. The van der Waals surface area contributed by atoms with Crippen LogP contribution in [0.25, 0.3) is 0 Å². The molecular formula is C10H10ClF2NO5. The van der Waals surface area contributed by atoms with Gasteiger partial charge in [-0.2, -0.15) is 0 Å². The van der Waals surface area contributed by atoms with Gasteiger partial charge in [0.2, 0.25) is 5.75 Å². The van der Waals surface area contributed by atoms with Crippen LogP contribution in [0, 0.1) is 0 Å². The molecule has 0 saturated carbocycles. The number of halogens is 3. The van der Waals surface area contributed by atoms with Crippen LogP contribution in [-0.2, 0) is 4.74 Å². The van der Waals surface area contributed by atoms with Crippen molar-refractivity contribution in [3.05, 3.63) is 17.7 Å². The molecule has 2 rings (SSSR count). The fourth-order valence-corrected chi connectivity index (χ4v) is 1.63. The topological polar surface area (TPSA) is 99.0 Å². The lowest BCUT2D eigenvalue weighted by molar-refractivity contribution is -0.104. The molecule has 1 fully saturated rings. The van der Waals surface area contributed by atoms with Gasteiger partial charge in [0.15, 0.2) is 18.1 Å². The zero-order valence-corrected chi connectivity index (χ0v) is 10.1. The SMILES string of the molecule is Cl.O=C1N[C@@H](c2ccc(O)c(O)c2O)C(F)(F)CO1. The molecule has 1 aliphatic heterocycles. The van der Waals surface area contributed by atoms with Crippen LogP contribution in [0.3, 0.4) is 0 Å². The number of aromatic hydroxyl groups is 3. The van der Waals surface area contributed by atoms with Crippen molar-refractivity contribution in [2.45, 2.75) is 12.0 Å². The quantitative estimate of drug-likeness (QED) is 0.591. The highest BCUT2D eigenvalue weighted by atomic mass is 35.5. The van der Waals surface area contributed by atoms with E-state index in [0.29, 0.717) is 0 Å². The molecule has 1 aromatic carbocycles. The molecule has 19 heavy (non-hydrogen) atoms. The Bertz CT molecular complexity index is 511. The maximum Gasteiger partial charge on any atom is 0.408 e. The summed E-state index contributed by atoms with van der Waals surface area (Å²) in [6.07, 6.45) is -1.06. The largest absolute Gasteiger partial charge is 0.504 e. The van der Waals surface area contributed by atoms with Gasteiger partial charge in [-0.1, -0.05) is 0 Å². The number of alkyl halides is 2. The Kier molecular flexibility index (Phi) is 3.94. The van der Waals surface area contributed by atoms with Crippen molar-refractivity contribution in [2.75, 3.05) is 6.61 Å². The van der Waals surface area contributed by atoms with Crippen LogP contribution in [0.4, 0.5) is 13.6 Å². The average molecular weight is 298 g/mol. The van der Waals surface area contributed by atoms with Gasteiger partial charge in [-0.3, -0.25) is 0 Å². The molecule has 6 nitrogen and oxygen atoms in total. The van der Waals surface area contributed by atoms with E-state index in [1.807, 2.05) is 5.32 Å². The number of hydrogen-bond donors (Lipinski definition) is 4. The molecule has 1 aliphatic rings. The summed E-state index contributed by atoms with van der Waals surface area (Å²) in [6.45, 7) is -1.13. The predicted octanol–water partition coefficient (Wildman–Crippen LogP) is 1.64. The number of carbonyl (C=O) groups is 1. The predicted molar refractivity (Wildman–Crippen MR) is 60.9 cm³/mol. The highest BCUT2D eigenvalue weighted by Gasteiger charge is 2.48. The third-order valence-electron chi connectivity index (χ3n) is 2.55. The van der Waals surface area contributed by atoms with E-state index in [1.54, 1.807) is 0 Å². The lowest BCUT2D eigenvalue weighted by atomic mass is 9.98. The first-order valence-corrected chi connectivity index (χ1v) is 4.88. The Morgan fingerprint density at radius 3 is 2.53 bits per heavy atom. The number of alkyl carbamates (subject to hydrolysis) is 1. The van der Waals surface area contributed by atoms with Crippen molar-refractivity contribution in [3.63, 3.8) is 0 Å². The first-order valence-electron chi connectivity index (χ1n) is 4.88. The number of ether oxygens (including phenoxy) is 1. The van der Waals surface area contributed by atoms with E-state index in [4.69, 9.17) is 5.11 Å². The van der Waals surface area contributed by atoms with Crippen molar-refractivity contribution in [1.29, 1.82) is 0 Å². The molecule has 1 aromatic rings. The molecule has 1 saturated heterocycles. The van der Waals surface area contributed by atoms with Crippen molar-refractivity contribution >= 4 is 18.5 Å². The van der Waals surface area contributed by atoms with Gasteiger partial charge in [-0.05, 0) is 12.1 Å². The van der Waals surface area contributed by atoms with Crippen LogP contribution in [-0.4, -0.2) is 33.9 Å². The summed E-state index contributed by atoms with van der Waals surface area (Å²) in [6, 6.07) is 0.0710. The number of benzene rings is 1. The molecule has 0 radical (unpaired) electrons. The summed E-state index contributed by atoms with van der Waals surface area (Å²) in [5.41, 5.74) is -0.410. The highest BCUT2D eigenvalue weighted by molar-refractivity contribution is 5.85. The Hall–Kier alpha value is -1.96. The maximum absolute atomic E-state index is 13.5. The number of phenols is 3. The minimum absolute atomic E-state index is 0. The zero-order valence-electron chi connectivity index (χ0n) is 9.26. The second-order valence-corrected chi connectivity index (χ2v) is 3.79. The van der Waals surface area contributed by atoms with E-state index in [1.165, 1.54) is 0 Å². The molecular weight excluding hydrogens is 288 g/mol. The molecule has 106 valence electrons. The summed E-state index contributed by atoms with van der Waals surface area (Å²) in [7, 11) is 0. The van der Waals surface area contributed by atoms with Crippen LogP contribution in [0.2, 0.25) is 0 Å². The lowest BCUT2D eigenvalue weighted by Gasteiger charge is -2.32. The third kappa shape index (κ3) is 2.58. The van der Waals surface area contributed by atoms with Gasteiger partial charge in [0.25, 0.3) is 0 Å². The van der Waals surface area contributed by atoms with Gasteiger partial charge in [0.1, 0.15) is 6.04 Å². The molecule has 1 amide bonds. The lowest BCUT2D eigenvalue weighted by Crippen LogP contribution is -2.49. The third-order valence-corrected chi connectivity index (χ3v) is 2.55. The highest BCUT2D eigenvalue weighted by Crippen LogP contribution is 2.44. The van der Waals surface area contributed by atoms with Gasteiger partial charge in [0.05, 0.1) is 0 Å². The molecule has 4 N–H and O–H groups in total. The molecule has 0 bridgehead atoms. The van der Waals surface area contributed by atoms with Crippen LogP contribution >= 0.6 is 12.4 Å². The summed E-state index contributed by atoms with van der Waals surface area (Å²) >= 11 is 0. The second-order valence-electron chi connectivity index (χ2n) is 3.79. The molecule has 0 aliphatic carbocycles. The Labute approximate surface area is 112 Å². The van der Waals surface area contributed by atoms with Gasteiger partial charge >= 0.3 is 12.0 Å². The summed E-state index contributed by atoms with van der Waals surface area (Å²) in [5.74, 6) is -5.95. The van der Waals surface area contributed by atoms with Crippen LogP contribution in [0.15, 0.2) is 12.1 Å². The first kappa shape index (κ1) is 15.1. The summed E-state index contributed by atoms with van der Waals surface area (Å²) < 4.78 is 31.2. The first-order chi connectivity index (χ1) is 8.33. The van der Waals surface area contributed by atoms with Crippen LogP contribution < -0.4 is 5.32 Å².